The van der Waals surface area contributed by atoms with E-state index in [2.05, 4.69) is 92.1 Å². The SMILES string of the molecule is CC/C=C\C/C=C\C/C=C\C/C=C\CCCCCCC(=O)OC(/C=C\C/C=C\CCCCC)CCCCCCCCC(=O)NCC(=O)O. The zero-order valence-electron chi connectivity index (χ0n) is 30.6. The molecule has 1 unspecified atom stereocenters. The number of amides is 1. The monoisotopic (exact) mass is 668 g/mol. The number of hydrogen-bond acceptors (Lipinski definition) is 4. The molecule has 1 amide bonds. The number of aliphatic carboxylic acids is 1. The van der Waals surface area contributed by atoms with Gasteiger partial charge in [0.05, 0.1) is 0 Å². The maximum atomic E-state index is 12.6. The maximum Gasteiger partial charge on any atom is 0.322 e. The van der Waals surface area contributed by atoms with Gasteiger partial charge < -0.3 is 15.2 Å². The predicted octanol–water partition coefficient (Wildman–Crippen LogP) is 11.4. The van der Waals surface area contributed by atoms with Crippen LogP contribution >= 0.6 is 0 Å². The highest BCUT2D eigenvalue weighted by molar-refractivity contribution is 5.80. The van der Waals surface area contributed by atoms with Crippen LogP contribution in [0.3, 0.4) is 0 Å². The Morgan fingerprint density at radius 3 is 1.69 bits per heavy atom. The number of unbranched alkanes of at least 4 members (excludes halogenated alkanes) is 12. The van der Waals surface area contributed by atoms with Crippen LogP contribution < -0.4 is 5.32 Å². The number of rotatable bonds is 33. The van der Waals surface area contributed by atoms with Crippen LogP contribution in [0, 0.1) is 0 Å². The summed E-state index contributed by atoms with van der Waals surface area (Å²) in [5.41, 5.74) is 0. The Kier molecular flexibility index (Phi) is 34.3. The molecule has 0 spiro atoms. The average molecular weight is 668 g/mol. The van der Waals surface area contributed by atoms with E-state index in [0.717, 1.165) is 116 Å². The first-order valence-corrected chi connectivity index (χ1v) is 19.1. The number of hydrogen-bond donors (Lipinski definition) is 2. The summed E-state index contributed by atoms with van der Waals surface area (Å²) in [5, 5.41) is 11.0. The molecule has 0 aliphatic carbocycles. The molecule has 6 nitrogen and oxygen atoms in total. The standard InChI is InChI=1S/C42H69NO5/c1-3-5-7-9-11-13-14-15-16-17-18-19-20-21-23-29-33-37-42(47)48-39(34-30-26-22-12-10-8-6-4-2)35-31-27-24-25-28-32-36-40(44)43-38-41(45)46/h5,7,11-13,15-16,18-19,22,30,34,39H,3-4,6,8-10,14,17,20-21,23-29,31-33,35-38H2,1-2H3,(H,43,44)(H,45,46)/b7-5-,13-11-,16-15-,19-18-,22-12-,34-30-. The Morgan fingerprint density at radius 1 is 0.583 bits per heavy atom. The molecule has 0 radical (unpaired) electrons. The second-order valence-electron chi connectivity index (χ2n) is 12.4. The molecule has 0 heterocycles. The summed E-state index contributed by atoms with van der Waals surface area (Å²) in [6, 6.07) is 0. The summed E-state index contributed by atoms with van der Waals surface area (Å²) in [5.74, 6) is -1.32. The Morgan fingerprint density at radius 2 is 1.08 bits per heavy atom. The van der Waals surface area contributed by atoms with Crippen molar-refractivity contribution in [1.29, 1.82) is 0 Å². The lowest BCUT2D eigenvalue weighted by atomic mass is 10.1. The van der Waals surface area contributed by atoms with Crippen molar-refractivity contribution in [2.45, 2.75) is 168 Å². The molecule has 0 saturated carbocycles. The van der Waals surface area contributed by atoms with Crippen molar-refractivity contribution >= 4 is 17.8 Å². The van der Waals surface area contributed by atoms with Gasteiger partial charge in [-0.25, -0.2) is 0 Å². The van der Waals surface area contributed by atoms with Gasteiger partial charge in [0.2, 0.25) is 5.91 Å². The van der Waals surface area contributed by atoms with Gasteiger partial charge in [0.25, 0.3) is 0 Å². The van der Waals surface area contributed by atoms with Crippen molar-refractivity contribution in [3.63, 3.8) is 0 Å². The van der Waals surface area contributed by atoms with Gasteiger partial charge >= 0.3 is 11.9 Å². The number of esters is 1. The van der Waals surface area contributed by atoms with E-state index < -0.39 is 5.97 Å². The molecule has 0 aromatic rings. The number of allylic oxidation sites excluding steroid dienone is 11. The Bertz CT molecular complexity index is 959. The lowest BCUT2D eigenvalue weighted by Gasteiger charge is -2.14. The molecule has 6 heteroatoms. The normalized spacial score (nSPS) is 12.9. The third-order valence-corrected chi connectivity index (χ3v) is 7.85. The van der Waals surface area contributed by atoms with Crippen LogP contribution in [0.2, 0.25) is 0 Å². The van der Waals surface area contributed by atoms with E-state index in [1.165, 1.54) is 19.3 Å². The van der Waals surface area contributed by atoms with Crippen molar-refractivity contribution < 1.29 is 24.2 Å². The van der Waals surface area contributed by atoms with E-state index in [4.69, 9.17) is 9.84 Å². The van der Waals surface area contributed by atoms with Gasteiger partial charge in [0.1, 0.15) is 12.6 Å². The first kappa shape index (κ1) is 44.9. The molecule has 48 heavy (non-hydrogen) atoms. The summed E-state index contributed by atoms with van der Waals surface area (Å²) in [7, 11) is 0. The summed E-state index contributed by atoms with van der Waals surface area (Å²) in [6.45, 7) is 4.05. The van der Waals surface area contributed by atoms with E-state index in [9.17, 15) is 14.4 Å². The van der Waals surface area contributed by atoms with E-state index >= 15 is 0 Å². The van der Waals surface area contributed by atoms with Crippen molar-refractivity contribution in [3.05, 3.63) is 72.9 Å². The van der Waals surface area contributed by atoms with Gasteiger partial charge in [-0.05, 0) is 89.5 Å². The molecule has 0 aliphatic heterocycles. The molecule has 0 aliphatic rings. The summed E-state index contributed by atoms with van der Waals surface area (Å²) in [6.07, 6.45) is 48.9. The van der Waals surface area contributed by atoms with E-state index in [-0.39, 0.29) is 24.5 Å². The molecule has 0 aromatic heterocycles. The van der Waals surface area contributed by atoms with Crippen molar-refractivity contribution in [2.24, 2.45) is 0 Å². The molecule has 0 rings (SSSR count). The quantitative estimate of drug-likeness (QED) is 0.0413. The van der Waals surface area contributed by atoms with Crippen LogP contribution in [0.15, 0.2) is 72.9 Å². The van der Waals surface area contributed by atoms with Crippen molar-refractivity contribution in [3.8, 4) is 0 Å². The number of carboxylic acid groups (broad SMARTS) is 1. The first-order valence-electron chi connectivity index (χ1n) is 19.1. The van der Waals surface area contributed by atoms with Crippen LogP contribution in [0.25, 0.3) is 0 Å². The maximum absolute atomic E-state index is 12.6. The number of carbonyl (C=O) groups excluding carboxylic acids is 2. The van der Waals surface area contributed by atoms with Crippen molar-refractivity contribution in [2.75, 3.05) is 6.54 Å². The van der Waals surface area contributed by atoms with Gasteiger partial charge in [-0.1, -0.05) is 132 Å². The zero-order chi connectivity index (χ0) is 35.2. The predicted molar refractivity (Wildman–Crippen MR) is 203 cm³/mol. The highest BCUT2D eigenvalue weighted by atomic mass is 16.5. The fraction of sp³-hybridized carbons (Fsp3) is 0.643. The lowest BCUT2D eigenvalue weighted by molar-refractivity contribution is -0.147. The van der Waals surface area contributed by atoms with Gasteiger partial charge in [-0.2, -0.15) is 0 Å². The minimum atomic E-state index is -1.02. The van der Waals surface area contributed by atoms with Gasteiger partial charge in [0, 0.05) is 12.8 Å². The molecule has 0 fully saturated rings. The topological polar surface area (TPSA) is 92.7 Å². The number of carbonyl (C=O) groups is 3. The Balaban J connectivity index is 4.24. The third kappa shape index (κ3) is 35.7. The summed E-state index contributed by atoms with van der Waals surface area (Å²) >= 11 is 0. The number of nitrogens with one attached hydrogen (secondary N) is 1. The fourth-order valence-corrected chi connectivity index (χ4v) is 5.04. The molecule has 272 valence electrons. The minimum absolute atomic E-state index is 0.0973. The van der Waals surface area contributed by atoms with E-state index in [1.54, 1.807) is 0 Å². The van der Waals surface area contributed by atoms with E-state index in [0.29, 0.717) is 12.8 Å². The molecule has 2 N–H and O–H groups in total. The molecule has 1 atom stereocenters. The smallest absolute Gasteiger partial charge is 0.322 e. The molecular formula is C42H69NO5. The number of carboxylic acids is 1. The summed E-state index contributed by atoms with van der Waals surface area (Å²) < 4.78 is 5.89. The van der Waals surface area contributed by atoms with Crippen LogP contribution in [0.5, 0.6) is 0 Å². The van der Waals surface area contributed by atoms with Crippen molar-refractivity contribution in [1.82, 2.24) is 5.32 Å². The Labute approximate surface area is 294 Å². The van der Waals surface area contributed by atoms with Gasteiger partial charge in [-0.3, -0.25) is 14.4 Å². The fourth-order valence-electron chi connectivity index (χ4n) is 5.04. The second kappa shape index (κ2) is 36.7. The lowest BCUT2D eigenvalue weighted by Crippen LogP contribution is -2.28. The van der Waals surface area contributed by atoms with Gasteiger partial charge in [0.15, 0.2) is 0 Å². The molecular weight excluding hydrogens is 598 g/mol. The van der Waals surface area contributed by atoms with Gasteiger partial charge in [-0.15, -0.1) is 0 Å². The first-order chi connectivity index (χ1) is 23.5. The van der Waals surface area contributed by atoms with Crippen LogP contribution in [-0.2, 0) is 19.1 Å². The average Bonchev–Trinajstić information content (AvgIpc) is 3.07. The minimum Gasteiger partial charge on any atom is -0.480 e. The van der Waals surface area contributed by atoms with Crippen LogP contribution in [0.4, 0.5) is 0 Å². The highest BCUT2D eigenvalue weighted by Gasteiger charge is 2.11. The second-order valence-corrected chi connectivity index (χ2v) is 12.4. The molecule has 0 bridgehead atoms. The zero-order valence-corrected chi connectivity index (χ0v) is 30.6. The highest BCUT2D eigenvalue weighted by Crippen LogP contribution is 2.15. The van der Waals surface area contributed by atoms with E-state index in [1.807, 2.05) is 0 Å². The number of ether oxygens (including phenoxy) is 1. The Hall–Kier alpha value is -3.15. The molecule has 0 saturated heterocycles. The third-order valence-electron chi connectivity index (χ3n) is 7.85. The molecule has 0 aromatic carbocycles. The van der Waals surface area contributed by atoms with Crippen LogP contribution in [0.1, 0.15) is 162 Å². The largest absolute Gasteiger partial charge is 0.480 e. The van der Waals surface area contributed by atoms with Crippen LogP contribution in [-0.4, -0.2) is 35.6 Å². The summed E-state index contributed by atoms with van der Waals surface area (Å²) in [4.78, 5) is 34.8.